The van der Waals surface area contributed by atoms with E-state index in [1.807, 2.05) is 4.90 Å². The molecular formula is C12H23Cl2N5O. The average Bonchev–Trinajstić information content (AvgIpc) is 2.88. The van der Waals surface area contributed by atoms with E-state index in [1.165, 1.54) is 6.33 Å². The summed E-state index contributed by atoms with van der Waals surface area (Å²) in [6.45, 7) is 3.61. The van der Waals surface area contributed by atoms with Gasteiger partial charge in [-0.05, 0) is 18.8 Å². The molecule has 2 heterocycles. The highest BCUT2D eigenvalue weighted by Gasteiger charge is 2.28. The molecule has 1 aliphatic rings. The van der Waals surface area contributed by atoms with Gasteiger partial charge in [0.2, 0.25) is 5.91 Å². The Morgan fingerprint density at radius 2 is 2.30 bits per heavy atom. The molecule has 20 heavy (non-hydrogen) atoms. The fraction of sp³-hybridized carbons (Fsp3) is 0.750. The van der Waals surface area contributed by atoms with Crippen LogP contribution in [0.1, 0.15) is 32.0 Å². The normalized spacial score (nSPS) is 21.8. The number of aromatic nitrogens is 3. The zero-order chi connectivity index (χ0) is 13.0. The highest BCUT2D eigenvalue weighted by atomic mass is 35.5. The Morgan fingerprint density at radius 1 is 1.55 bits per heavy atom. The number of amides is 1. The van der Waals surface area contributed by atoms with Crippen molar-refractivity contribution < 1.29 is 4.79 Å². The lowest BCUT2D eigenvalue weighted by Gasteiger charge is -2.38. The first kappa shape index (κ1) is 19.1. The standard InChI is InChI=1S/C12H21N5O.2ClH/c1-9-4-5-17(10(6-9)7-13)12(18)3-2-11-14-8-15-16-11;;/h8-10H,2-7,13H2,1H3,(H,14,15,16);2*1H. The summed E-state index contributed by atoms with van der Waals surface area (Å²) in [5.41, 5.74) is 5.76. The maximum Gasteiger partial charge on any atom is 0.223 e. The lowest BCUT2D eigenvalue weighted by atomic mass is 9.92. The molecule has 1 aromatic rings. The zero-order valence-corrected chi connectivity index (χ0v) is 13.3. The van der Waals surface area contributed by atoms with E-state index in [4.69, 9.17) is 5.73 Å². The molecule has 1 fully saturated rings. The molecule has 2 unspecified atom stereocenters. The number of halogens is 2. The van der Waals surface area contributed by atoms with Gasteiger partial charge in [0.05, 0.1) is 0 Å². The van der Waals surface area contributed by atoms with E-state index in [0.717, 1.165) is 25.2 Å². The SMILES string of the molecule is CC1CCN(C(=O)CCc2ncn[nH]2)C(CN)C1.Cl.Cl. The van der Waals surface area contributed by atoms with Crippen molar-refractivity contribution in [3.63, 3.8) is 0 Å². The fourth-order valence-corrected chi connectivity index (χ4v) is 2.52. The average molecular weight is 324 g/mol. The monoisotopic (exact) mass is 323 g/mol. The van der Waals surface area contributed by atoms with Crippen molar-refractivity contribution in [2.45, 2.75) is 38.6 Å². The Hall–Kier alpha value is -0.850. The third-order valence-corrected chi connectivity index (χ3v) is 3.61. The fourth-order valence-electron chi connectivity index (χ4n) is 2.52. The number of aromatic amines is 1. The first-order valence-electron chi connectivity index (χ1n) is 6.54. The summed E-state index contributed by atoms with van der Waals surface area (Å²) >= 11 is 0. The molecule has 1 amide bonds. The van der Waals surface area contributed by atoms with Gasteiger partial charge in [0.1, 0.15) is 12.2 Å². The Morgan fingerprint density at radius 3 is 2.90 bits per heavy atom. The van der Waals surface area contributed by atoms with Gasteiger partial charge in [-0.15, -0.1) is 24.8 Å². The van der Waals surface area contributed by atoms with Crippen LogP contribution < -0.4 is 5.73 Å². The second kappa shape index (κ2) is 9.15. The summed E-state index contributed by atoms with van der Waals surface area (Å²) in [4.78, 5) is 18.1. The third kappa shape index (κ3) is 4.92. The van der Waals surface area contributed by atoms with Crippen LogP contribution in [0.4, 0.5) is 0 Å². The van der Waals surface area contributed by atoms with Crippen LogP contribution in [-0.4, -0.2) is 45.1 Å². The number of aryl methyl sites for hydroxylation is 1. The molecule has 0 spiro atoms. The number of nitrogens with two attached hydrogens (primary N) is 1. The molecule has 8 heteroatoms. The molecule has 0 radical (unpaired) electrons. The van der Waals surface area contributed by atoms with Gasteiger partial charge in [-0.1, -0.05) is 6.92 Å². The van der Waals surface area contributed by atoms with Crippen LogP contribution in [0.25, 0.3) is 0 Å². The number of likely N-dealkylation sites (tertiary alicyclic amines) is 1. The van der Waals surface area contributed by atoms with Crippen molar-refractivity contribution >= 4 is 30.7 Å². The number of carbonyl (C=O) groups is 1. The number of H-pyrrole nitrogens is 1. The molecule has 3 N–H and O–H groups in total. The lowest BCUT2D eigenvalue weighted by molar-refractivity contribution is -0.135. The number of nitrogens with one attached hydrogen (secondary N) is 1. The maximum absolute atomic E-state index is 12.2. The molecule has 1 saturated heterocycles. The van der Waals surface area contributed by atoms with E-state index in [-0.39, 0.29) is 36.8 Å². The molecule has 0 aliphatic carbocycles. The van der Waals surface area contributed by atoms with Gasteiger partial charge in [0.25, 0.3) is 0 Å². The Labute approximate surface area is 131 Å². The number of hydrogen-bond acceptors (Lipinski definition) is 4. The molecule has 1 aromatic heterocycles. The van der Waals surface area contributed by atoms with Crippen LogP contribution in [0.5, 0.6) is 0 Å². The quantitative estimate of drug-likeness (QED) is 0.870. The highest BCUT2D eigenvalue weighted by molar-refractivity contribution is 5.85. The van der Waals surface area contributed by atoms with E-state index < -0.39 is 0 Å². The van der Waals surface area contributed by atoms with Gasteiger partial charge in [-0.3, -0.25) is 9.89 Å². The minimum Gasteiger partial charge on any atom is -0.338 e. The topological polar surface area (TPSA) is 87.9 Å². The summed E-state index contributed by atoms with van der Waals surface area (Å²) < 4.78 is 0. The number of rotatable bonds is 4. The number of carbonyl (C=O) groups excluding carboxylic acids is 1. The molecular weight excluding hydrogens is 301 g/mol. The maximum atomic E-state index is 12.2. The zero-order valence-electron chi connectivity index (χ0n) is 11.6. The second-order valence-corrected chi connectivity index (χ2v) is 5.04. The number of nitrogens with zero attached hydrogens (tertiary/aromatic N) is 3. The van der Waals surface area contributed by atoms with Crippen molar-refractivity contribution in [3.05, 3.63) is 12.2 Å². The molecule has 0 aromatic carbocycles. The van der Waals surface area contributed by atoms with E-state index in [1.54, 1.807) is 0 Å². The summed E-state index contributed by atoms with van der Waals surface area (Å²) in [6.07, 6.45) is 4.64. The second-order valence-electron chi connectivity index (χ2n) is 5.04. The number of hydrogen-bond donors (Lipinski definition) is 2. The Kier molecular flexibility index (Phi) is 8.76. The molecule has 2 atom stereocenters. The molecule has 6 nitrogen and oxygen atoms in total. The lowest BCUT2D eigenvalue weighted by Crippen LogP contribution is -2.49. The Bertz CT molecular complexity index is 387. The van der Waals surface area contributed by atoms with Crippen LogP contribution in [0.3, 0.4) is 0 Å². The van der Waals surface area contributed by atoms with Crippen LogP contribution in [0.15, 0.2) is 6.33 Å². The van der Waals surface area contributed by atoms with E-state index in [2.05, 4.69) is 22.1 Å². The van der Waals surface area contributed by atoms with Gasteiger partial charge < -0.3 is 10.6 Å². The Balaban J connectivity index is 0.00000180. The van der Waals surface area contributed by atoms with E-state index in [0.29, 0.717) is 25.3 Å². The van der Waals surface area contributed by atoms with Crippen molar-refractivity contribution in [1.29, 1.82) is 0 Å². The molecule has 1 aliphatic heterocycles. The minimum atomic E-state index is 0. The number of piperidine rings is 1. The van der Waals surface area contributed by atoms with Gasteiger partial charge >= 0.3 is 0 Å². The van der Waals surface area contributed by atoms with Crippen LogP contribution >= 0.6 is 24.8 Å². The molecule has 116 valence electrons. The largest absolute Gasteiger partial charge is 0.338 e. The first-order chi connectivity index (χ1) is 8.70. The molecule has 2 rings (SSSR count). The van der Waals surface area contributed by atoms with Crippen LogP contribution in [0, 0.1) is 5.92 Å². The minimum absolute atomic E-state index is 0. The predicted octanol–water partition coefficient (Wildman–Crippen LogP) is 1.17. The summed E-state index contributed by atoms with van der Waals surface area (Å²) in [7, 11) is 0. The van der Waals surface area contributed by atoms with Crippen LogP contribution in [0.2, 0.25) is 0 Å². The van der Waals surface area contributed by atoms with Crippen molar-refractivity contribution in [2.24, 2.45) is 11.7 Å². The van der Waals surface area contributed by atoms with Gasteiger partial charge in [0.15, 0.2) is 0 Å². The van der Waals surface area contributed by atoms with Gasteiger partial charge in [0, 0.05) is 32.0 Å². The first-order valence-corrected chi connectivity index (χ1v) is 6.54. The third-order valence-electron chi connectivity index (χ3n) is 3.61. The van der Waals surface area contributed by atoms with Gasteiger partial charge in [-0.2, -0.15) is 5.10 Å². The summed E-state index contributed by atoms with van der Waals surface area (Å²) in [5, 5.41) is 6.54. The summed E-state index contributed by atoms with van der Waals surface area (Å²) in [6, 6.07) is 0.205. The van der Waals surface area contributed by atoms with Crippen molar-refractivity contribution in [1.82, 2.24) is 20.1 Å². The van der Waals surface area contributed by atoms with Crippen molar-refractivity contribution in [3.8, 4) is 0 Å². The van der Waals surface area contributed by atoms with Crippen LogP contribution in [-0.2, 0) is 11.2 Å². The van der Waals surface area contributed by atoms with E-state index in [9.17, 15) is 4.79 Å². The highest BCUT2D eigenvalue weighted by Crippen LogP contribution is 2.22. The van der Waals surface area contributed by atoms with E-state index >= 15 is 0 Å². The van der Waals surface area contributed by atoms with Gasteiger partial charge in [-0.25, -0.2) is 4.98 Å². The molecule has 0 bridgehead atoms. The summed E-state index contributed by atoms with van der Waals surface area (Å²) in [5.74, 6) is 1.60. The predicted molar refractivity (Wildman–Crippen MR) is 82.2 cm³/mol. The smallest absolute Gasteiger partial charge is 0.223 e. The van der Waals surface area contributed by atoms with Crippen molar-refractivity contribution in [2.75, 3.05) is 13.1 Å². The molecule has 0 saturated carbocycles.